The summed E-state index contributed by atoms with van der Waals surface area (Å²) < 4.78 is 27.5. The van der Waals surface area contributed by atoms with Crippen molar-refractivity contribution >= 4 is 0 Å². The van der Waals surface area contributed by atoms with Crippen LogP contribution in [0.15, 0.2) is 41.1 Å². The minimum atomic E-state index is 0.450. The van der Waals surface area contributed by atoms with Crippen molar-refractivity contribution in [2.45, 2.75) is 26.2 Å². The molecule has 1 heterocycles. The van der Waals surface area contributed by atoms with Crippen LogP contribution in [0.2, 0.25) is 0 Å². The molecule has 0 saturated carbocycles. The molecule has 3 aromatic rings. The molecular weight excluding hydrogens is 370 g/mol. The Morgan fingerprint density at radius 1 is 0.828 bits per heavy atom. The predicted molar refractivity (Wildman–Crippen MR) is 112 cm³/mol. The van der Waals surface area contributed by atoms with Gasteiger partial charge in [-0.3, -0.25) is 0 Å². The third kappa shape index (κ3) is 4.01. The first-order valence-electron chi connectivity index (χ1n) is 9.59. The van der Waals surface area contributed by atoms with E-state index >= 15 is 0 Å². The standard InChI is InChI=1S/C23H27NO5/c1-6-7-8-15-9-11-16(12-10-15)20-18(14-29-24-20)17-13-19(25-2)22(27-4)23(28-5)21(17)26-3/h9-14H,6-8H2,1-5H3. The number of rotatable bonds is 9. The lowest BCUT2D eigenvalue weighted by atomic mass is 9.98. The number of aryl methyl sites for hydroxylation is 1. The van der Waals surface area contributed by atoms with Gasteiger partial charge in [0.15, 0.2) is 11.5 Å². The van der Waals surface area contributed by atoms with E-state index in [0.717, 1.165) is 28.8 Å². The smallest absolute Gasteiger partial charge is 0.207 e. The van der Waals surface area contributed by atoms with Crippen LogP contribution in [0.4, 0.5) is 0 Å². The highest BCUT2D eigenvalue weighted by atomic mass is 16.5. The van der Waals surface area contributed by atoms with Crippen molar-refractivity contribution < 1.29 is 23.5 Å². The van der Waals surface area contributed by atoms with Crippen molar-refractivity contribution in [3.63, 3.8) is 0 Å². The molecule has 0 aliphatic heterocycles. The second-order valence-electron chi connectivity index (χ2n) is 6.60. The summed E-state index contributed by atoms with van der Waals surface area (Å²) >= 11 is 0. The Kier molecular flexibility index (Phi) is 6.65. The zero-order valence-electron chi connectivity index (χ0n) is 17.6. The molecule has 0 unspecified atom stereocenters. The molecule has 6 heteroatoms. The van der Waals surface area contributed by atoms with Gasteiger partial charge in [0.05, 0.1) is 34.0 Å². The summed E-state index contributed by atoms with van der Waals surface area (Å²) in [6, 6.07) is 10.2. The van der Waals surface area contributed by atoms with Crippen LogP contribution in [-0.4, -0.2) is 33.6 Å². The van der Waals surface area contributed by atoms with Crippen molar-refractivity contribution in [3.8, 4) is 45.4 Å². The molecule has 0 atom stereocenters. The number of ether oxygens (including phenoxy) is 4. The molecule has 2 aromatic carbocycles. The molecule has 29 heavy (non-hydrogen) atoms. The monoisotopic (exact) mass is 397 g/mol. The summed E-state index contributed by atoms with van der Waals surface area (Å²) in [6.45, 7) is 2.20. The maximum Gasteiger partial charge on any atom is 0.207 e. The Morgan fingerprint density at radius 2 is 1.52 bits per heavy atom. The van der Waals surface area contributed by atoms with E-state index in [9.17, 15) is 0 Å². The highest BCUT2D eigenvalue weighted by molar-refractivity contribution is 5.87. The molecule has 0 radical (unpaired) electrons. The molecule has 0 N–H and O–H groups in total. The predicted octanol–water partition coefficient (Wildman–Crippen LogP) is 5.39. The fraction of sp³-hybridized carbons (Fsp3) is 0.348. The minimum absolute atomic E-state index is 0.450. The number of hydrogen-bond donors (Lipinski definition) is 0. The Bertz CT molecular complexity index is 947. The van der Waals surface area contributed by atoms with Crippen LogP contribution in [0, 0.1) is 0 Å². The second kappa shape index (κ2) is 9.37. The molecule has 0 aliphatic carbocycles. The van der Waals surface area contributed by atoms with Crippen molar-refractivity contribution in [2.24, 2.45) is 0 Å². The van der Waals surface area contributed by atoms with E-state index < -0.39 is 0 Å². The van der Waals surface area contributed by atoms with E-state index in [1.807, 2.05) is 6.07 Å². The Morgan fingerprint density at radius 3 is 2.10 bits per heavy atom. The maximum absolute atomic E-state index is 5.66. The summed E-state index contributed by atoms with van der Waals surface area (Å²) in [5.74, 6) is 1.97. The SMILES string of the molecule is CCCCc1ccc(-c2nocc2-c2cc(OC)c(OC)c(OC)c2OC)cc1. The fourth-order valence-corrected chi connectivity index (χ4v) is 3.38. The number of aromatic nitrogens is 1. The number of hydrogen-bond acceptors (Lipinski definition) is 6. The summed E-state index contributed by atoms with van der Waals surface area (Å²) in [5.41, 5.74) is 4.52. The third-order valence-electron chi connectivity index (χ3n) is 4.89. The van der Waals surface area contributed by atoms with Gasteiger partial charge in [0.1, 0.15) is 12.0 Å². The molecule has 6 nitrogen and oxygen atoms in total. The third-order valence-corrected chi connectivity index (χ3v) is 4.89. The number of unbranched alkanes of at least 4 members (excludes halogenated alkanes) is 1. The lowest BCUT2D eigenvalue weighted by molar-refractivity contribution is 0.306. The average Bonchev–Trinajstić information content (AvgIpc) is 3.25. The van der Waals surface area contributed by atoms with Gasteiger partial charge in [0, 0.05) is 11.1 Å². The van der Waals surface area contributed by atoms with Gasteiger partial charge >= 0.3 is 0 Å². The quantitative estimate of drug-likeness (QED) is 0.483. The van der Waals surface area contributed by atoms with Gasteiger partial charge in [-0.1, -0.05) is 42.8 Å². The van der Waals surface area contributed by atoms with Crippen molar-refractivity contribution in [2.75, 3.05) is 28.4 Å². The van der Waals surface area contributed by atoms with E-state index in [1.165, 1.54) is 18.4 Å². The highest BCUT2D eigenvalue weighted by Gasteiger charge is 2.25. The summed E-state index contributed by atoms with van der Waals surface area (Å²) in [5, 5.41) is 4.24. The largest absolute Gasteiger partial charge is 0.493 e. The first-order valence-corrected chi connectivity index (χ1v) is 9.59. The minimum Gasteiger partial charge on any atom is -0.493 e. The van der Waals surface area contributed by atoms with Gasteiger partial charge in [-0.2, -0.15) is 0 Å². The van der Waals surface area contributed by atoms with E-state index in [4.69, 9.17) is 23.5 Å². The Hall–Kier alpha value is -3.15. The van der Waals surface area contributed by atoms with Crippen LogP contribution in [0.1, 0.15) is 25.3 Å². The molecule has 0 bridgehead atoms. The molecular formula is C23H27NO5. The summed E-state index contributed by atoms with van der Waals surface area (Å²) in [7, 11) is 6.29. The van der Waals surface area contributed by atoms with E-state index in [-0.39, 0.29) is 0 Å². The van der Waals surface area contributed by atoms with Crippen molar-refractivity contribution in [3.05, 3.63) is 42.2 Å². The van der Waals surface area contributed by atoms with Crippen LogP contribution in [0.3, 0.4) is 0 Å². The summed E-state index contributed by atoms with van der Waals surface area (Å²) in [6.07, 6.45) is 5.03. The lowest BCUT2D eigenvalue weighted by Crippen LogP contribution is -2.00. The summed E-state index contributed by atoms with van der Waals surface area (Å²) in [4.78, 5) is 0. The zero-order valence-corrected chi connectivity index (χ0v) is 17.6. The van der Waals surface area contributed by atoms with Crippen LogP contribution in [0.25, 0.3) is 22.4 Å². The lowest BCUT2D eigenvalue weighted by Gasteiger charge is -2.18. The molecule has 3 rings (SSSR count). The molecule has 154 valence electrons. The van der Waals surface area contributed by atoms with Crippen molar-refractivity contribution in [1.82, 2.24) is 5.16 Å². The normalized spacial score (nSPS) is 10.7. The molecule has 0 amide bonds. The van der Waals surface area contributed by atoms with Gasteiger partial charge in [0.25, 0.3) is 0 Å². The molecule has 0 spiro atoms. The molecule has 0 aliphatic rings. The maximum atomic E-state index is 5.66. The van der Waals surface area contributed by atoms with E-state index in [1.54, 1.807) is 34.7 Å². The molecule has 0 saturated heterocycles. The number of methoxy groups -OCH3 is 4. The van der Waals surface area contributed by atoms with Gasteiger partial charge < -0.3 is 23.5 Å². The highest BCUT2D eigenvalue weighted by Crippen LogP contribution is 2.51. The van der Waals surface area contributed by atoms with E-state index in [2.05, 4.69) is 36.3 Å². The van der Waals surface area contributed by atoms with Crippen LogP contribution in [0.5, 0.6) is 23.0 Å². The first kappa shape index (κ1) is 20.6. The Balaban J connectivity index is 2.10. The van der Waals surface area contributed by atoms with Gasteiger partial charge in [0.2, 0.25) is 11.5 Å². The van der Waals surface area contributed by atoms with Gasteiger partial charge in [-0.15, -0.1) is 0 Å². The topological polar surface area (TPSA) is 63.0 Å². The van der Waals surface area contributed by atoms with Gasteiger partial charge in [-0.05, 0) is 24.5 Å². The van der Waals surface area contributed by atoms with E-state index in [0.29, 0.717) is 23.0 Å². The zero-order chi connectivity index (χ0) is 20.8. The van der Waals surface area contributed by atoms with Gasteiger partial charge in [-0.25, -0.2) is 0 Å². The average molecular weight is 397 g/mol. The molecule has 1 aromatic heterocycles. The second-order valence-corrected chi connectivity index (χ2v) is 6.60. The van der Waals surface area contributed by atoms with Crippen LogP contribution in [-0.2, 0) is 6.42 Å². The van der Waals surface area contributed by atoms with Crippen molar-refractivity contribution in [1.29, 1.82) is 0 Å². The van der Waals surface area contributed by atoms with Crippen LogP contribution < -0.4 is 18.9 Å². The molecule has 0 fully saturated rings. The first-order chi connectivity index (χ1) is 14.2. The fourth-order valence-electron chi connectivity index (χ4n) is 3.38. The Labute approximate surface area is 171 Å². The number of benzene rings is 2. The van der Waals surface area contributed by atoms with Crippen LogP contribution >= 0.6 is 0 Å². The number of nitrogens with zero attached hydrogens (tertiary/aromatic N) is 1.